The van der Waals surface area contributed by atoms with Gasteiger partial charge in [-0.15, -0.1) is 0 Å². The number of hydrazone groups is 1. The molecule has 0 aliphatic rings. The molecule has 2 aromatic rings. The Bertz CT molecular complexity index is 641. The smallest absolute Gasteiger partial charge is 0.191 e. The molecule has 0 saturated carbocycles. The van der Waals surface area contributed by atoms with Gasteiger partial charge in [0, 0.05) is 10.2 Å². The average molecular weight is 362 g/mol. The molecular weight excluding hydrogens is 346 g/mol. The number of thiocarbonyl (C=S) groups is 1. The summed E-state index contributed by atoms with van der Waals surface area (Å²) in [6.45, 7) is 2.06. The topological polar surface area (TPSA) is 36.4 Å². The van der Waals surface area contributed by atoms with Crippen LogP contribution in [0.5, 0.6) is 0 Å². The summed E-state index contributed by atoms with van der Waals surface area (Å²) in [5, 5.41) is 7.95. The number of hydrogen-bond acceptors (Lipinski definition) is 2. The zero-order chi connectivity index (χ0) is 15.1. The fraction of sp³-hybridized carbons (Fsp3) is 0.125. The lowest BCUT2D eigenvalue weighted by atomic mass is 10.1. The summed E-state index contributed by atoms with van der Waals surface area (Å²) in [5.74, 6) is 0. The number of para-hydroxylation sites is 1. The molecular formula is C16H16BrN3S. The molecule has 0 aromatic heterocycles. The van der Waals surface area contributed by atoms with Crippen LogP contribution in [0.3, 0.4) is 0 Å². The Morgan fingerprint density at radius 3 is 2.57 bits per heavy atom. The van der Waals surface area contributed by atoms with Crippen LogP contribution in [-0.2, 0) is 0 Å². The van der Waals surface area contributed by atoms with E-state index in [9.17, 15) is 0 Å². The van der Waals surface area contributed by atoms with Gasteiger partial charge in [-0.1, -0.05) is 53.2 Å². The highest BCUT2D eigenvalue weighted by Crippen LogP contribution is 2.13. The van der Waals surface area contributed by atoms with Crippen molar-refractivity contribution in [2.75, 3.05) is 5.32 Å². The molecule has 108 valence electrons. The fourth-order valence-electron chi connectivity index (χ4n) is 1.81. The summed E-state index contributed by atoms with van der Waals surface area (Å²) in [6, 6.07) is 17.8. The molecule has 2 aromatic carbocycles. The van der Waals surface area contributed by atoms with E-state index in [1.807, 2.05) is 54.6 Å². The van der Waals surface area contributed by atoms with E-state index in [0.717, 1.165) is 27.9 Å². The van der Waals surface area contributed by atoms with Crippen molar-refractivity contribution in [2.24, 2.45) is 5.10 Å². The molecule has 0 radical (unpaired) electrons. The summed E-state index contributed by atoms with van der Waals surface area (Å²) in [6.07, 6.45) is 0.817. The number of anilines is 1. The molecule has 21 heavy (non-hydrogen) atoms. The predicted octanol–water partition coefficient (Wildman–Crippen LogP) is 4.55. The quantitative estimate of drug-likeness (QED) is 0.476. The monoisotopic (exact) mass is 361 g/mol. The van der Waals surface area contributed by atoms with E-state index in [4.69, 9.17) is 12.2 Å². The van der Waals surface area contributed by atoms with Gasteiger partial charge in [0.15, 0.2) is 5.11 Å². The summed E-state index contributed by atoms with van der Waals surface area (Å²) in [4.78, 5) is 0. The molecule has 0 amide bonds. The van der Waals surface area contributed by atoms with Crippen LogP contribution < -0.4 is 10.7 Å². The maximum atomic E-state index is 5.24. The van der Waals surface area contributed by atoms with Crippen molar-refractivity contribution in [3.05, 3.63) is 64.6 Å². The molecule has 3 nitrogen and oxygen atoms in total. The van der Waals surface area contributed by atoms with Crippen LogP contribution in [0, 0.1) is 0 Å². The first-order valence-corrected chi connectivity index (χ1v) is 7.83. The largest absolute Gasteiger partial charge is 0.331 e. The molecule has 0 fully saturated rings. The van der Waals surface area contributed by atoms with E-state index in [1.165, 1.54) is 0 Å². The molecule has 5 heteroatoms. The normalized spacial score (nSPS) is 11.0. The Balaban J connectivity index is 2.02. The minimum atomic E-state index is 0.474. The van der Waals surface area contributed by atoms with E-state index >= 15 is 0 Å². The van der Waals surface area contributed by atoms with Crippen LogP contribution >= 0.6 is 28.1 Å². The van der Waals surface area contributed by atoms with Crippen molar-refractivity contribution < 1.29 is 0 Å². The Kier molecular flexibility index (Phi) is 5.90. The number of nitrogens with one attached hydrogen (secondary N) is 2. The van der Waals surface area contributed by atoms with Crippen molar-refractivity contribution in [3.8, 4) is 0 Å². The van der Waals surface area contributed by atoms with E-state index in [1.54, 1.807) is 0 Å². The Morgan fingerprint density at radius 2 is 1.90 bits per heavy atom. The molecule has 0 aliphatic heterocycles. The molecule has 2 N–H and O–H groups in total. The first-order chi connectivity index (χ1) is 10.2. The van der Waals surface area contributed by atoms with Crippen molar-refractivity contribution in [1.82, 2.24) is 5.43 Å². The van der Waals surface area contributed by atoms with Crippen molar-refractivity contribution in [3.63, 3.8) is 0 Å². The maximum absolute atomic E-state index is 5.24. The molecule has 0 aliphatic carbocycles. The Morgan fingerprint density at radius 1 is 1.14 bits per heavy atom. The zero-order valence-electron chi connectivity index (χ0n) is 11.6. The van der Waals surface area contributed by atoms with Gasteiger partial charge in [0.25, 0.3) is 0 Å². The highest BCUT2D eigenvalue weighted by Gasteiger charge is 2.02. The van der Waals surface area contributed by atoms with E-state index in [0.29, 0.717) is 5.11 Å². The van der Waals surface area contributed by atoms with Gasteiger partial charge in [0.1, 0.15) is 0 Å². The number of rotatable bonds is 4. The van der Waals surface area contributed by atoms with E-state index in [-0.39, 0.29) is 0 Å². The van der Waals surface area contributed by atoms with Crippen LogP contribution in [0.15, 0.2) is 64.2 Å². The maximum Gasteiger partial charge on any atom is 0.191 e. The molecule has 2 rings (SSSR count). The minimum absolute atomic E-state index is 0.474. The molecule has 0 atom stereocenters. The Hall–Kier alpha value is -1.72. The lowest BCUT2D eigenvalue weighted by Gasteiger charge is -2.09. The molecule has 0 heterocycles. The lowest BCUT2D eigenvalue weighted by Crippen LogP contribution is -2.25. The van der Waals surface area contributed by atoms with E-state index < -0.39 is 0 Å². The SMILES string of the molecule is CC/C(=N\NC(=S)Nc1ccccc1)c1cccc(Br)c1. The predicted molar refractivity (Wildman–Crippen MR) is 96.8 cm³/mol. The van der Waals surface area contributed by atoms with Gasteiger partial charge in [-0.25, -0.2) is 0 Å². The number of nitrogens with zero attached hydrogens (tertiary/aromatic N) is 1. The average Bonchev–Trinajstić information content (AvgIpc) is 2.49. The lowest BCUT2D eigenvalue weighted by molar-refractivity contribution is 1.02. The van der Waals surface area contributed by atoms with Crippen molar-refractivity contribution in [2.45, 2.75) is 13.3 Å². The summed E-state index contributed by atoms with van der Waals surface area (Å²) < 4.78 is 1.03. The number of hydrogen-bond donors (Lipinski definition) is 2. The molecule has 0 bridgehead atoms. The van der Waals surface area contributed by atoms with Crippen LogP contribution in [0.2, 0.25) is 0 Å². The second-order valence-electron chi connectivity index (χ2n) is 4.35. The molecule has 0 unspecified atom stereocenters. The van der Waals surface area contributed by atoms with Gasteiger partial charge in [-0.05, 0) is 48.5 Å². The molecule has 0 saturated heterocycles. The van der Waals surface area contributed by atoms with E-state index in [2.05, 4.69) is 38.7 Å². The van der Waals surface area contributed by atoms with Crippen LogP contribution in [0.1, 0.15) is 18.9 Å². The van der Waals surface area contributed by atoms with Crippen molar-refractivity contribution in [1.29, 1.82) is 0 Å². The van der Waals surface area contributed by atoms with Gasteiger partial charge in [0.2, 0.25) is 0 Å². The summed E-state index contributed by atoms with van der Waals surface area (Å²) >= 11 is 8.71. The third-order valence-corrected chi connectivity index (χ3v) is 3.50. The highest BCUT2D eigenvalue weighted by atomic mass is 79.9. The van der Waals surface area contributed by atoms with Crippen LogP contribution in [0.25, 0.3) is 0 Å². The second kappa shape index (κ2) is 7.90. The summed E-state index contributed by atoms with van der Waals surface area (Å²) in [5.41, 5.74) is 5.85. The standard InChI is InChI=1S/C16H16BrN3S/c1-2-15(12-7-6-8-13(17)11-12)19-20-16(21)18-14-9-4-3-5-10-14/h3-11H,2H2,1H3,(H2,18,20,21)/b19-15+. The van der Waals surface area contributed by atoms with Gasteiger partial charge >= 0.3 is 0 Å². The van der Waals surface area contributed by atoms with Crippen molar-refractivity contribution >= 4 is 44.7 Å². The molecule has 0 spiro atoms. The highest BCUT2D eigenvalue weighted by molar-refractivity contribution is 9.10. The first-order valence-electron chi connectivity index (χ1n) is 6.63. The van der Waals surface area contributed by atoms with Gasteiger partial charge in [-0.2, -0.15) is 5.10 Å². The van der Waals surface area contributed by atoms with Crippen LogP contribution in [0.4, 0.5) is 5.69 Å². The fourth-order valence-corrected chi connectivity index (χ4v) is 2.38. The third kappa shape index (κ3) is 4.95. The third-order valence-electron chi connectivity index (χ3n) is 2.82. The first kappa shape index (κ1) is 15.7. The zero-order valence-corrected chi connectivity index (χ0v) is 14.0. The van der Waals surface area contributed by atoms with Crippen LogP contribution in [-0.4, -0.2) is 10.8 Å². The minimum Gasteiger partial charge on any atom is -0.331 e. The number of halogens is 1. The second-order valence-corrected chi connectivity index (χ2v) is 5.68. The van der Waals surface area contributed by atoms with Gasteiger partial charge in [-0.3, -0.25) is 5.43 Å². The van der Waals surface area contributed by atoms with Gasteiger partial charge in [0.05, 0.1) is 5.71 Å². The number of benzene rings is 2. The van der Waals surface area contributed by atoms with Gasteiger partial charge < -0.3 is 5.32 Å². The summed E-state index contributed by atoms with van der Waals surface area (Å²) in [7, 11) is 0. The Labute approximate surface area is 138 Å².